The van der Waals surface area contributed by atoms with Crippen LogP contribution in [-0.4, -0.2) is 102 Å². The van der Waals surface area contributed by atoms with Crippen LogP contribution in [0.25, 0.3) is 0 Å². The molecule has 0 aromatic heterocycles. The third-order valence-corrected chi connectivity index (χ3v) is 7.23. The molecule has 0 atom stereocenters. The predicted molar refractivity (Wildman–Crippen MR) is 124 cm³/mol. The summed E-state index contributed by atoms with van der Waals surface area (Å²) < 4.78 is 0. The molecule has 3 heterocycles. The normalized spacial score (nSPS) is 21.5. The van der Waals surface area contributed by atoms with Gasteiger partial charge in [0.15, 0.2) is 0 Å². The van der Waals surface area contributed by atoms with E-state index in [-0.39, 0.29) is 18.5 Å². The lowest BCUT2D eigenvalue weighted by Gasteiger charge is -2.32. The van der Waals surface area contributed by atoms with E-state index in [9.17, 15) is 14.4 Å². The number of hydrogen-bond donors (Lipinski definition) is 1. The number of unbranched alkanes of at least 4 members (excludes halogenated alkanes) is 1. The number of fused-ring (bicyclic) bond motifs is 1. The molecule has 4 rings (SSSR count). The van der Waals surface area contributed by atoms with Gasteiger partial charge in [-0.25, -0.2) is 9.80 Å². The molecule has 2 saturated heterocycles. The Balaban J connectivity index is 1.36. The first-order chi connectivity index (χ1) is 15.4. The van der Waals surface area contributed by atoms with Gasteiger partial charge < -0.3 is 15.5 Å². The second-order valence-corrected chi connectivity index (χ2v) is 9.59. The standard InChI is InChI=1S/C22H30N6O3S/c1-25-9-11-26(12-10-25)7-2-3-8-27-20(29)15-28(22(27)31)24-18-6-13-32-19-5-4-16(21(23)30)14-17(18)19/h4-5,14H,2-3,6-13,15H2,1H3,(H2,23,30)/b24-18+. The number of thioether (sulfide) groups is 1. The van der Waals surface area contributed by atoms with Crippen LogP contribution in [0.2, 0.25) is 0 Å². The first-order valence-electron chi connectivity index (χ1n) is 11.1. The highest BCUT2D eigenvalue weighted by atomic mass is 32.2. The minimum atomic E-state index is -0.502. The van der Waals surface area contributed by atoms with Crippen LogP contribution < -0.4 is 5.73 Å². The topological polar surface area (TPSA) is 103 Å². The second-order valence-electron chi connectivity index (χ2n) is 8.46. The molecule has 0 unspecified atom stereocenters. The average molecular weight is 459 g/mol. The highest BCUT2D eigenvalue weighted by molar-refractivity contribution is 7.99. The first kappa shape index (κ1) is 22.8. The summed E-state index contributed by atoms with van der Waals surface area (Å²) in [5, 5.41) is 5.79. The van der Waals surface area contributed by atoms with E-state index in [2.05, 4.69) is 21.9 Å². The van der Waals surface area contributed by atoms with Crippen molar-refractivity contribution in [2.24, 2.45) is 10.8 Å². The number of amides is 4. The van der Waals surface area contributed by atoms with Crippen molar-refractivity contribution in [1.29, 1.82) is 0 Å². The number of hydrogen-bond acceptors (Lipinski definition) is 7. The Morgan fingerprint density at radius 1 is 1.12 bits per heavy atom. The third-order valence-electron chi connectivity index (χ3n) is 6.15. The molecule has 0 bridgehead atoms. The van der Waals surface area contributed by atoms with E-state index in [1.54, 1.807) is 23.9 Å². The predicted octanol–water partition coefficient (Wildman–Crippen LogP) is 1.28. The average Bonchev–Trinajstić information content (AvgIpc) is 3.05. The molecule has 1 aromatic rings. The Morgan fingerprint density at radius 2 is 1.88 bits per heavy atom. The quantitative estimate of drug-likeness (QED) is 0.488. The Bertz CT molecular complexity index is 928. The molecular weight excluding hydrogens is 428 g/mol. The summed E-state index contributed by atoms with van der Waals surface area (Å²) in [7, 11) is 2.14. The first-order valence-corrected chi connectivity index (χ1v) is 12.1. The van der Waals surface area contributed by atoms with Gasteiger partial charge in [0.1, 0.15) is 6.54 Å². The van der Waals surface area contributed by atoms with Crippen molar-refractivity contribution in [2.45, 2.75) is 24.2 Å². The van der Waals surface area contributed by atoms with Crippen molar-refractivity contribution in [2.75, 3.05) is 58.6 Å². The van der Waals surface area contributed by atoms with Crippen molar-refractivity contribution in [3.05, 3.63) is 29.3 Å². The van der Waals surface area contributed by atoms with Crippen molar-refractivity contribution in [3.8, 4) is 0 Å². The van der Waals surface area contributed by atoms with Gasteiger partial charge in [-0.2, -0.15) is 5.10 Å². The van der Waals surface area contributed by atoms with Crippen LogP contribution in [0.3, 0.4) is 0 Å². The van der Waals surface area contributed by atoms with E-state index >= 15 is 0 Å². The fourth-order valence-electron chi connectivity index (χ4n) is 4.18. The van der Waals surface area contributed by atoms with E-state index in [0.717, 1.165) is 61.8 Å². The van der Waals surface area contributed by atoms with Gasteiger partial charge in [-0.3, -0.25) is 14.5 Å². The van der Waals surface area contributed by atoms with Crippen molar-refractivity contribution in [3.63, 3.8) is 0 Å². The van der Waals surface area contributed by atoms with Gasteiger partial charge >= 0.3 is 6.03 Å². The number of carbonyl (C=O) groups excluding carboxylic acids is 3. The number of primary amides is 1. The largest absolute Gasteiger partial charge is 0.366 e. The molecule has 0 aliphatic carbocycles. The molecule has 9 nitrogen and oxygen atoms in total. The minimum absolute atomic E-state index is 0.0429. The molecule has 0 saturated carbocycles. The van der Waals surface area contributed by atoms with Gasteiger partial charge in [0, 0.05) is 60.9 Å². The zero-order chi connectivity index (χ0) is 22.7. The van der Waals surface area contributed by atoms with Crippen molar-refractivity contribution in [1.82, 2.24) is 19.7 Å². The van der Waals surface area contributed by atoms with Crippen LogP contribution >= 0.6 is 11.8 Å². The molecule has 3 aliphatic rings. The molecule has 32 heavy (non-hydrogen) atoms. The maximum Gasteiger partial charge on any atom is 0.347 e. The number of likely N-dealkylation sites (N-methyl/N-ethyl adjacent to an activating group) is 1. The fraction of sp³-hybridized carbons (Fsp3) is 0.545. The molecule has 3 aliphatic heterocycles. The van der Waals surface area contributed by atoms with Crippen LogP contribution in [0, 0.1) is 0 Å². The van der Waals surface area contributed by atoms with Crippen LogP contribution in [0.15, 0.2) is 28.2 Å². The SMILES string of the molecule is CN1CCN(CCCCN2C(=O)CN(/N=C3\CCSc4ccc(C(N)=O)cc43)C2=O)CC1. The van der Waals surface area contributed by atoms with Crippen LogP contribution in [0.4, 0.5) is 4.79 Å². The number of imide groups is 1. The molecule has 2 fully saturated rings. The van der Waals surface area contributed by atoms with E-state index in [0.29, 0.717) is 24.2 Å². The Hall–Kier alpha value is -2.43. The number of benzene rings is 1. The van der Waals surface area contributed by atoms with E-state index in [1.807, 2.05) is 6.07 Å². The lowest BCUT2D eigenvalue weighted by molar-refractivity contribution is -0.125. The summed E-state index contributed by atoms with van der Waals surface area (Å²) in [6, 6.07) is 4.92. The second kappa shape index (κ2) is 10.0. The number of urea groups is 1. The molecule has 172 valence electrons. The Labute approximate surface area is 192 Å². The number of carbonyl (C=O) groups is 3. The summed E-state index contributed by atoms with van der Waals surface area (Å²) in [6.45, 7) is 5.68. The minimum Gasteiger partial charge on any atom is -0.366 e. The number of nitrogens with two attached hydrogens (primary N) is 1. The lowest BCUT2D eigenvalue weighted by Crippen LogP contribution is -2.44. The maximum absolute atomic E-state index is 12.8. The zero-order valence-corrected chi connectivity index (χ0v) is 19.3. The summed E-state index contributed by atoms with van der Waals surface area (Å²) >= 11 is 1.68. The van der Waals surface area contributed by atoms with Gasteiger partial charge in [-0.1, -0.05) is 0 Å². The lowest BCUT2D eigenvalue weighted by atomic mass is 10.0. The van der Waals surface area contributed by atoms with Crippen molar-refractivity contribution >= 4 is 35.3 Å². The molecule has 0 spiro atoms. The van der Waals surface area contributed by atoms with Gasteiger partial charge in [0.25, 0.3) is 5.91 Å². The Morgan fingerprint density at radius 3 is 2.62 bits per heavy atom. The van der Waals surface area contributed by atoms with E-state index in [4.69, 9.17) is 5.73 Å². The van der Waals surface area contributed by atoms with Crippen LogP contribution in [0.1, 0.15) is 35.2 Å². The molecule has 2 N–H and O–H groups in total. The molecule has 4 amide bonds. The molecule has 1 aromatic carbocycles. The molecule has 10 heteroatoms. The van der Waals surface area contributed by atoms with Gasteiger partial charge in [0.2, 0.25) is 5.91 Å². The number of rotatable bonds is 7. The monoisotopic (exact) mass is 458 g/mol. The Kier molecular flexibility index (Phi) is 7.12. The van der Waals surface area contributed by atoms with Gasteiger partial charge in [0.05, 0.1) is 5.71 Å². The number of piperazine rings is 1. The summed E-state index contributed by atoms with van der Waals surface area (Å²) in [6.07, 6.45) is 2.40. The van der Waals surface area contributed by atoms with Crippen LogP contribution in [0.5, 0.6) is 0 Å². The summed E-state index contributed by atoms with van der Waals surface area (Å²) in [4.78, 5) is 44.0. The van der Waals surface area contributed by atoms with Gasteiger partial charge in [-0.05, 0) is 44.6 Å². The fourth-order valence-corrected chi connectivity index (χ4v) is 5.19. The highest BCUT2D eigenvalue weighted by Gasteiger charge is 2.36. The van der Waals surface area contributed by atoms with Gasteiger partial charge in [-0.15, -0.1) is 11.8 Å². The third kappa shape index (κ3) is 5.13. The molecule has 0 radical (unpaired) electrons. The highest BCUT2D eigenvalue weighted by Crippen LogP contribution is 2.31. The summed E-state index contributed by atoms with van der Waals surface area (Å²) in [5.74, 6) is 0.112. The molecular formula is C22H30N6O3S. The maximum atomic E-state index is 12.8. The van der Waals surface area contributed by atoms with E-state index < -0.39 is 5.91 Å². The van der Waals surface area contributed by atoms with E-state index in [1.165, 1.54) is 9.91 Å². The number of nitrogens with zero attached hydrogens (tertiary/aromatic N) is 5. The van der Waals surface area contributed by atoms with Crippen molar-refractivity contribution < 1.29 is 14.4 Å². The zero-order valence-electron chi connectivity index (χ0n) is 18.5. The van der Waals surface area contributed by atoms with Crippen LogP contribution in [-0.2, 0) is 4.79 Å². The smallest absolute Gasteiger partial charge is 0.347 e. The number of hydrazone groups is 1. The summed E-state index contributed by atoms with van der Waals surface area (Å²) in [5.41, 5.74) is 7.34.